The van der Waals surface area contributed by atoms with Gasteiger partial charge in [-0.05, 0) is 18.6 Å². The first kappa shape index (κ1) is 11.9. The minimum absolute atomic E-state index is 0.0683. The fraction of sp³-hybridized carbons (Fsp3) is 0.231. The Kier molecular flexibility index (Phi) is 3.64. The third kappa shape index (κ3) is 2.77. The van der Waals surface area contributed by atoms with E-state index in [0.717, 1.165) is 16.5 Å². The molecule has 2 aromatic rings. The van der Waals surface area contributed by atoms with Crippen LogP contribution in [0, 0.1) is 0 Å². The second kappa shape index (κ2) is 5.19. The van der Waals surface area contributed by atoms with Crippen molar-refractivity contribution in [3.63, 3.8) is 0 Å². The maximum atomic E-state index is 11.4. The molecule has 88 valence electrons. The van der Waals surface area contributed by atoms with Crippen LogP contribution >= 0.6 is 12.6 Å². The van der Waals surface area contributed by atoms with Crippen molar-refractivity contribution in [2.45, 2.75) is 18.7 Å². The number of carbonyl (C=O) groups excluding carboxylic acids is 1. The van der Waals surface area contributed by atoms with E-state index in [0.29, 0.717) is 6.54 Å². The Morgan fingerprint density at radius 3 is 2.94 bits per heavy atom. The van der Waals surface area contributed by atoms with E-state index >= 15 is 0 Å². The number of para-hydroxylation sites is 1. The number of amides is 1. The monoisotopic (exact) mass is 246 g/mol. The molecule has 0 saturated carbocycles. The molecule has 0 aliphatic heterocycles. The van der Waals surface area contributed by atoms with Crippen molar-refractivity contribution in [3.8, 4) is 0 Å². The standard InChI is InChI=1S/C13H14N2OS/c1-9(17)13(16)15-8-11-5-2-4-10-6-3-7-14-12(10)11/h2-7,9,17H,8H2,1H3,(H,15,16). The predicted molar refractivity (Wildman–Crippen MR) is 72.0 cm³/mol. The molecule has 0 aliphatic rings. The van der Waals surface area contributed by atoms with Gasteiger partial charge in [-0.3, -0.25) is 9.78 Å². The molecule has 17 heavy (non-hydrogen) atoms. The van der Waals surface area contributed by atoms with Crippen molar-refractivity contribution in [1.29, 1.82) is 0 Å². The van der Waals surface area contributed by atoms with Gasteiger partial charge in [0.05, 0.1) is 10.8 Å². The van der Waals surface area contributed by atoms with Gasteiger partial charge < -0.3 is 5.32 Å². The van der Waals surface area contributed by atoms with E-state index in [1.54, 1.807) is 13.1 Å². The normalized spacial score (nSPS) is 12.4. The maximum Gasteiger partial charge on any atom is 0.232 e. The van der Waals surface area contributed by atoms with Crippen molar-refractivity contribution in [2.75, 3.05) is 0 Å². The molecule has 0 spiro atoms. The van der Waals surface area contributed by atoms with Crippen molar-refractivity contribution < 1.29 is 4.79 Å². The van der Waals surface area contributed by atoms with Gasteiger partial charge in [0.15, 0.2) is 0 Å². The summed E-state index contributed by atoms with van der Waals surface area (Å²) < 4.78 is 0. The van der Waals surface area contributed by atoms with Crippen LogP contribution in [0.15, 0.2) is 36.5 Å². The highest BCUT2D eigenvalue weighted by Gasteiger charge is 2.08. The van der Waals surface area contributed by atoms with Crippen LogP contribution < -0.4 is 5.32 Å². The largest absolute Gasteiger partial charge is 0.351 e. The van der Waals surface area contributed by atoms with Crippen LogP contribution in [0.1, 0.15) is 12.5 Å². The van der Waals surface area contributed by atoms with E-state index in [1.807, 2.05) is 30.3 Å². The Labute approximate surface area is 106 Å². The van der Waals surface area contributed by atoms with Crippen LogP contribution in [0.3, 0.4) is 0 Å². The summed E-state index contributed by atoms with van der Waals surface area (Å²) in [5.41, 5.74) is 1.95. The third-order valence-corrected chi connectivity index (χ3v) is 2.78. The highest BCUT2D eigenvalue weighted by molar-refractivity contribution is 7.81. The van der Waals surface area contributed by atoms with Crippen LogP contribution in [-0.4, -0.2) is 16.1 Å². The molecule has 0 saturated heterocycles. The van der Waals surface area contributed by atoms with Gasteiger partial charge >= 0.3 is 0 Å². The lowest BCUT2D eigenvalue weighted by Crippen LogP contribution is -2.29. The van der Waals surface area contributed by atoms with Crippen LogP contribution in [0.2, 0.25) is 0 Å². The molecule has 0 fully saturated rings. The number of pyridine rings is 1. The van der Waals surface area contributed by atoms with Crippen LogP contribution in [0.25, 0.3) is 10.9 Å². The summed E-state index contributed by atoms with van der Waals surface area (Å²) >= 11 is 4.09. The molecule has 1 aromatic heterocycles. The average molecular weight is 246 g/mol. The van der Waals surface area contributed by atoms with Gasteiger partial charge in [-0.25, -0.2) is 0 Å². The number of hydrogen-bond donors (Lipinski definition) is 2. The third-order valence-electron chi connectivity index (χ3n) is 2.55. The number of aromatic nitrogens is 1. The second-order valence-electron chi connectivity index (χ2n) is 3.89. The molecular formula is C13H14N2OS. The van der Waals surface area contributed by atoms with E-state index in [-0.39, 0.29) is 11.2 Å². The summed E-state index contributed by atoms with van der Waals surface area (Å²) in [5, 5.41) is 3.62. The topological polar surface area (TPSA) is 42.0 Å². The lowest BCUT2D eigenvalue weighted by atomic mass is 10.1. The Morgan fingerprint density at radius 2 is 2.18 bits per heavy atom. The number of fused-ring (bicyclic) bond motifs is 1. The van der Waals surface area contributed by atoms with Gasteiger partial charge in [0.25, 0.3) is 0 Å². The lowest BCUT2D eigenvalue weighted by molar-refractivity contribution is -0.120. The fourth-order valence-electron chi connectivity index (χ4n) is 1.64. The summed E-state index contributed by atoms with van der Waals surface area (Å²) in [4.78, 5) is 15.8. The average Bonchev–Trinajstić information content (AvgIpc) is 2.35. The van der Waals surface area contributed by atoms with Crippen molar-refractivity contribution in [3.05, 3.63) is 42.1 Å². The number of hydrogen-bond acceptors (Lipinski definition) is 3. The summed E-state index contributed by atoms with van der Waals surface area (Å²) in [6.45, 7) is 2.23. The van der Waals surface area contributed by atoms with Gasteiger partial charge in [0.1, 0.15) is 0 Å². The Balaban J connectivity index is 2.21. The van der Waals surface area contributed by atoms with Gasteiger partial charge in [0.2, 0.25) is 5.91 Å². The quantitative estimate of drug-likeness (QED) is 0.815. The fourth-order valence-corrected chi connectivity index (χ4v) is 1.73. The van der Waals surface area contributed by atoms with Gasteiger partial charge in [-0.2, -0.15) is 12.6 Å². The van der Waals surface area contributed by atoms with Crippen LogP contribution in [0.5, 0.6) is 0 Å². The number of benzene rings is 1. The SMILES string of the molecule is CC(S)C(=O)NCc1cccc2cccnc12. The first-order valence-corrected chi connectivity index (χ1v) is 5.98. The summed E-state index contributed by atoms with van der Waals surface area (Å²) in [7, 11) is 0. The Bertz CT molecular complexity index is 534. The zero-order valence-electron chi connectivity index (χ0n) is 9.55. The van der Waals surface area contributed by atoms with Crippen molar-refractivity contribution in [2.24, 2.45) is 0 Å². The first-order chi connectivity index (χ1) is 8.18. The van der Waals surface area contributed by atoms with Gasteiger partial charge in [-0.15, -0.1) is 0 Å². The molecule has 2 rings (SSSR count). The van der Waals surface area contributed by atoms with Gasteiger partial charge in [-0.1, -0.05) is 24.3 Å². The molecule has 1 atom stereocenters. The van der Waals surface area contributed by atoms with E-state index in [4.69, 9.17) is 0 Å². The Hall–Kier alpha value is -1.55. The smallest absolute Gasteiger partial charge is 0.232 e. The number of nitrogens with one attached hydrogen (secondary N) is 1. The highest BCUT2D eigenvalue weighted by atomic mass is 32.1. The summed E-state index contributed by atoms with van der Waals surface area (Å²) in [6, 6.07) is 9.86. The molecule has 0 bridgehead atoms. The molecule has 1 unspecified atom stereocenters. The molecular weight excluding hydrogens is 232 g/mol. The van der Waals surface area contributed by atoms with Crippen molar-refractivity contribution >= 4 is 29.4 Å². The van der Waals surface area contributed by atoms with Gasteiger partial charge in [0, 0.05) is 18.1 Å². The van der Waals surface area contributed by atoms with Crippen molar-refractivity contribution in [1.82, 2.24) is 10.3 Å². The number of carbonyl (C=O) groups is 1. The van der Waals surface area contributed by atoms with E-state index in [1.165, 1.54) is 0 Å². The molecule has 3 nitrogen and oxygen atoms in total. The summed E-state index contributed by atoms with van der Waals surface area (Å²) in [6.07, 6.45) is 1.76. The second-order valence-corrected chi connectivity index (χ2v) is 4.66. The molecule has 0 radical (unpaired) electrons. The van der Waals surface area contributed by atoms with Crippen LogP contribution in [-0.2, 0) is 11.3 Å². The molecule has 0 aliphatic carbocycles. The zero-order chi connectivity index (χ0) is 12.3. The Morgan fingerprint density at radius 1 is 1.41 bits per heavy atom. The minimum Gasteiger partial charge on any atom is -0.351 e. The molecule has 1 N–H and O–H groups in total. The number of rotatable bonds is 3. The zero-order valence-corrected chi connectivity index (χ0v) is 10.4. The highest BCUT2D eigenvalue weighted by Crippen LogP contribution is 2.15. The molecule has 1 aromatic carbocycles. The summed E-state index contributed by atoms with van der Waals surface area (Å²) in [5.74, 6) is -0.0683. The number of nitrogens with zero attached hydrogens (tertiary/aromatic N) is 1. The minimum atomic E-state index is -0.294. The molecule has 1 amide bonds. The van der Waals surface area contributed by atoms with E-state index in [2.05, 4.69) is 22.9 Å². The van der Waals surface area contributed by atoms with Crippen LogP contribution in [0.4, 0.5) is 0 Å². The van der Waals surface area contributed by atoms with E-state index in [9.17, 15) is 4.79 Å². The lowest BCUT2D eigenvalue weighted by Gasteiger charge is -2.09. The van der Waals surface area contributed by atoms with E-state index < -0.39 is 0 Å². The molecule has 4 heteroatoms. The first-order valence-electron chi connectivity index (χ1n) is 5.47. The number of thiol groups is 1. The maximum absolute atomic E-state index is 11.4. The predicted octanol–water partition coefficient (Wildman–Crippen LogP) is 2.17. The molecule has 1 heterocycles.